The molecular formula is C15H20N2O. The zero-order valence-electron chi connectivity index (χ0n) is 11.2. The molecule has 0 heterocycles. The van der Waals surface area contributed by atoms with Gasteiger partial charge in [-0.1, -0.05) is 44.7 Å². The van der Waals surface area contributed by atoms with E-state index >= 15 is 0 Å². The summed E-state index contributed by atoms with van der Waals surface area (Å²) < 4.78 is 0. The number of amides is 1. The van der Waals surface area contributed by atoms with Gasteiger partial charge in [-0.05, 0) is 18.6 Å². The molecule has 0 saturated heterocycles. The molecule has 1 amide bonds. The first-order valence-electron chi connectivity index (χ1n) is 6.10. The van der Waals surface area contributed by atoms with E-state index < -0.39 is 0 Å². The second kappa shape index (κ2) is 6.23. The molecule has 18 heavy (non-hydrogen) atoms. The van der Waals surface area contributed by atoms with Crippen LogP contribution in [0, 0.1) is 17.3 Å². The highest BCUT2D eigenvalue weighted by molar-refractivity contribution is 5.95. The molecular weight excluding hydrogens is 224 g/mol. The minimum atomic E-state index is -0.381. The second-order valence-electron chi connectivity index (χ2n) is 4.74. The molecule has 0 spiro atoms. The van der Waals surface area contributed by atoms with Crippen molar-refractivity contribution in [3.05, 3.63) is 29.8 Å². The highest BCUT2D eigenvalue weighted by atomic mass is 16.2. The van der Waals surface area contributed by atoms with Crippen LogP contribution in [0.25, 0.3) is 0 Å². The highest BCUT2D eigenvalue weighted by Crippen LogP contribution is 2.23. The lowest BCUT2D eigenvalue weighted by Gasteiger charge is -2.21. The number of para-hydroxylation sites is 1. The zero-order valence-corrected chi connectivity index (χ0v) is 11.2. The van der Waals surface area contributed by atoms with Crippen molar-refractivity contribution < 1.29 is 4.79 Å². The lowest BCUT2D eigenvalue weighted by molar-refractivity contribution is -0.124. The number of anilines is 1. The maximum Gasteiger partial charge on any atom is 0.230 e. The van der Waals surface area contributed by atoms with Gasteiger partial charge < -0.3 is 11.1 Å². The molecule has 0 atom stereocenters. The minimum Gasteiger partial charge on any atom is -0.324 e. The van der Waals surface area contributed by atoms with Gasteiger partial charge >= 0.3 is 0 Å². The van der Waals surface area contributed by atoms with Crippen molar-refractivity contribution in [1.82, 2.24) is 0 Å². The van der Waals surface area contributed by atoms with E-state index in [-0.39, 0.29) is 11.3 Å². The lowest BCUT2D eigenvalue weighted by atomic mass is 9.89. The summed E-state index contributed by atoms with van der Waals surface area (Å²) in [6.45, 7) is 6.16. The Morgan fingerprint density at radius 3 is 2.67 bits per heavy atom. The summed E-state index contributed by atoms with van der Waals surface area (Å²) in [7, 11) is 0. The summed E-state index contributed by atoms with van der Waals surface area (Å²) >= 11 is 0. The van der Waals surface area contributed by atoms with E-state index in [1.165, 1.54) is 0 Å². The van der Waals surface area contributed by atoms with Gasteiger partial charge in [0.2, 0.25) is 5.91 Å². The van der Waals surface area contributed by atoms with Crippen molar-refractivity contribution in [2.75, 3.05) is 11.9 Å². The monoisotopic (exact) mass is 244 g/mol. The number of hydrogen-bond donors (Lipinski definition) is 2. The first-order chi connectivity index (χ1) is 8.51. The largest absolute Gasteiger partial charge is 0.324 e. The standard InChI is InChI=1S/C15H20N2O/c1-4-15(2,3)14(18)17-13-10-6-5-8-12(13)9-7-11-16/h5-6,8,10H,4,11,16H2,1-3H3,(H,17,18). The topological polar surface area (TPSA) is 55.1 Å². The minimum absolute atomic E-state index is 0.00648. The van der Waals surface area contributed by atoms with Gasteiger partial charge in [0.25, 0.3) is 0 Å². The number of rotatable bonds is 3. The third kappa shape index (κ3) is 3.61. The van der Waals surface area contributed by atoms with Gasteiger partial charge in [-0.25, -0.2) is 0 Å². The summed E-state index contributed by atoms with van der Waals surface area (Å²) in [5, 5.41) is 2.93. The predicted molar refractivity (Wildman–Crippen MR) is 75.1 cm³/mol. The van der Waals surface area contributed by atoms with Crippen LogP contribution in [0.4, 0.5) is 5.69 Å². The molecule has 1 aromatic carbocycles. The van der Waals surface area contributed by atoms with Gasteiger partial charge in [0.05, 0.1) is 12.2 Å². The normalized spacial score (nSPS) is 10.4. The Kier molecular flexibility index (Phi) is 4.94. The van der Waals surface area contributed by atoms with E-state index in [2.05, 4.69) is 17.2 Å². The van der Waals surface area contributed by atoms with Gasteiger partial charge in [-0.15, -0.1) is 0 Å². The molecule has 3 nitrogen and oxygen atoms in total. The molecule has 0 aliphatic rings. The molecule has 0 aliphatic heterocycles. The number of benzene rings is 1. The Morgan fingerprint density at radius 2 is 2.06 bits per heavy atom. The van der Waals surface area contributed by atoms with Gasteiger partial charge in [0.1, 0.15) is 0 Å². The smallest absolute Gasteiger partial charge is 0.230 e. The predicted octanol–water partition coefficient (Wildman–Crippen LogP) is 2.37. The Bertz CT molecular complexity index is 481. The summed E-state index contributed by atoms with van der Waals surface area (Å²) in [6, 6.07) is 7.49. The van der Waals surface area contributed by atoms with Crippen molar-refractivity contribution in [3.8, 4) is 11.8 Å². The van der Waals surface area contributed by atoms with Crippen LogP contribution in [0.2, 0.25) is 0 Å². The van der Waals surface area contributed by atoms with Gasteiger partial charge in [-0.3, -0.25) is 4.79 Å². The molecule has 0 aliphatic carbocycles. The van der Waals surface area contributed by atoms with Crippen LogP contribution in [0.1, 0.15) is 32.8 Å². The Morgan fingerprint density at radius 1 is 1.39 bits per heavy atom. The molecule has 0 fully saturated rings. The van der Waals surface area contributed by atoms with Crippen LogP contribution >= 0.6 is 0 Å². The van der Waals surface area contributed by atoms with Crippen molar-refractivity contribution in [3.63, 3.8) is 0 Å². The lowest BCUT2D eigenvalue weighted by Crippen LogP contribution is -2.30. The van der Waals surface area contributed by atoms with E-state index in [9.17, 15) is 4.79 Å². The Labute approximate surface area is 109 Å². The number of carbonyl (C=O) groups is 1. The molecule has 0 radical (unpaired) electrons. The first-order valence-corrected chi connectivity index (χ1v) is 6.10. The van der Waals surface area contributed by atoms with Gasteiger partial charge in [0, 0.05) is 11.0 Å². The summed E-state index contributed by atoms with van der Waals surface area (Å²) in [5.41, 5.74) is 6.51. The molecule has 3 N–H and O–H groups in total. The molecule has 96 valence electrons. The third-order valence-corrected chi connectivity index (χ3v) is 3.00. The first kappa shape index (κ1) is 14.3. The SMILES string of the molecule is CCC(C)(C)C(=O)Nc1ccccc1C#CCN. The van der Waals surface area contributed by atoms with Crippen molar-refractivity contribution >= 4 is 11.6 Å². The molecule has 0 aromatic heterocycles. The second-order valence-corrected chi connectivity index (χ2v) is 4.74. The van der Waals surface area contributed by atoms with E-state index in [0.29, 0.717) is 6.54 Å². The van der Waals surface area contributed by atoms with Crippen molar-refractivity contribution in [2.45, 2.75) is 27.2 Å². The third-order valence-electron chi connectivity index (χ3n) is 3.00. The summed E-state index contributed by atoms with van der Waals surface area (Å²) in [4.78, 5) is 12.1. The van der Waals surface area contributed by atoms with E-state index in [0.717, 1.165) is 17.7 Å². The molecule has 3 heteroatoms. The summed E-state index contributed by atoms with van der Waals surface area (Å²) in [5.74, 6) is 5.76. The molecule has 1 aromatic rings. The average Bonchev–Trinajstić information content (AvgIpc) is 2.37. The quantitative estimate of drug-likeness (QED) is 0.802. The van der Waals surface area contributed by atoms with Gasteiger partial charge in [0.15, 0.2) is 0 Å². The molecule has 1 rings (SSSR count). The molecule has 0 unspecified atom stereocenters. The maximum atomic E-state index is 12.1. The zero-order chi connectivity index (χ0) is 13.6. The molecule has 0 bridgehead atoms. The Balaban J connectivity index is 2.95. The van der Waals surface area contributed by atoms with Crippen LogP contribution in [0.5, 0.6) is 0 Å². The van der Waals surface area contributed by atoms with Crippen LogP contribution in [-0.2, 0) is 4.79 Å². The fourth-order valence-electron chi connectivity index (χ4n) is 1.30. The number of nitrogens with one attached hydrogen (secondary N) is 1. The number of carbonyl (C=O) groups excluding carboxylic acids is 1. The van der Waals surface area contributed by atoms with Crippen LogP contribution in [0.3, 0.4) is 0 Å². The fraction of sp³-hybridized carbons (Fsp3) is 0.400. The maximum absolute atomic E-state index is 12.1. The summed E-state index contributed by atoms with van der Waals surface area (Å²) in [6.07, 6.45) is 0.787. The number of hydrogen-bond acceptors (Lipinski definition) is 2. The number of nitrogens with two attached hydrogens (primary N) is 1. The van der Waals surface area contributed by atoms with Crippen LogP contribution in [-0.4, -0.2) is 12.5 Å². The van der Waals surface area contributed by atoms with E-state index in [4.69, 9.17) is 5.73 Å². The fourth-order valence-corrected chi connectivity index (χ4v) is 1.30. The van der Waals surface area contributed by atoms with E-state index in [1.807, 2.05) is 45.0 Å². The van der Waals surface area contributed by atoms with Crippen LogP contribution < -0.4 is 11.1 Å². The van der Waals surface area contributed by atoms with Crippen molar-refractivity contribution in [2.24, 2.45) is 11.1 Å². The van der Waals surface area contributed by atoms with E-state index in [1.54, 1.807) is 0 Å². The molecule has 0 saturated carbocycles. The van der Waals surface area contributed by atoms with Crippen molar-refractivity contribution in [1.29, 1.82) is 0 Å². The highest BCUT2D eigenvalue weighted by Gasteiger charge is 2.25. The van der Waals surface area contributed by atoms with Crippen LogP contribution in [0.15, 0.2) is 24.3 Å². The van der Waals surface area contributed by atoms with Gasteiger partial charge in [-0.2, -0.15) is 0 Å². The average molecular weight is 244 g/mol. The Hall–Kier alpha value is -1.79.